The van der Waals surface area contributed by atoms with E-state index in [0.29, 0.717) is 24.0 Å². The summed E-state index contributed by atoms with van der Waals surface area (Å²) < 4.78 is 0.511. The van der Waals surface area contributed by atoms with Gasteiger partial charge in [-0.3, -0.25) is 10.1 Å². The lowest BCUT2D eigenvalue weighted by atomic mass is 10.2. The summed E-state index contributed by atoms with van der Waals surface area (Å²) in [7, 11) is 0. The standard InChI is InChI=1S/C10H13BrN2O3/c11-10-8(7-12-5-2-6-14)3-1-4-9(10)13(15)16/h1,3-4,12,14H,2,5-7H2. The number of nitro benzene ring substituents is 1. The van der Waals surface area contributed by atoms with Crippen LogP contribution in [-0.2, 0) is 6.54 Å². The van der Waals surface area contributed by atoms with Gasteiger partial charge in [0.1, 0.15) is 0 Å². The number of hydrogen-bond donors (Lipinski definition) is 2. The molecule has 0 saturated heterocycles. The van der Waals surface area contributed by atoms with Crippen LogP contribution < -0.4 is 5.32 Å². The van der Waals surface area contributed by atoms with E-state index in [-0.39, 0.29) is 12.3 Å². The minimum absolute atomic E-state index is 0.0708. The summed E-state index contributed by atoms with van der Waals surface area (Å²) in [6.45, 7) is 1.37. The monoisotopic (exact) mass is 288 g/mol. The molecule has 1 aromatic rings. The molecule has 0 aliphatic heterocycles. The average molecular weight is 289 g/mol. The van der Waals surface area contributed by atoms with Crippen molar-refractivity contribution in [1.29, 1.82) is 0 Å². The molecular weight excluding hydrogens is 276 g/mol. The van der Waals surface area contributed by atoms with Crippen LogP contribution in [0.15, 0.2) is 22.7 Å². The number of aliphatic hydroxyl groups excluding tert-OH is 1. The van der Waals surface area contributed by atoms with Crippen LogP contribution in [0.5, 0.6) is 0 Å². The largest absolute Gasteiger partial charge is 0.396 e. The fraction of sp³-hybridized carbons (Fsp3) is 0.400. The lowest BCUT2D eigenvalue weighted by Gasteiger charge is -2.06. The second kappa shape index (κ2) is 6.57. The molecule has 0 atom stereocenters. The molecule has 6 heteroatoms. The molecule has 2 N–H and O–H groups in total. The molecule has 0 saturated carbocycles. The molecule has 0 aliphatic carbocycles. The first-order valence-corrected chi connectivity index (χ1v) is 5.69. The fourth-order valence-electron chi connectivity index (χ4n) is 1.27. The van der Waals surface area contributed by atoms with E-state index in [0.717, 1.165) is 5.56 Å². The summed E-state index contributed by atoms with van der Waals surface area (Å²) in [6.07, 6.45) is 0.673. The Kier molecular flexibility index (Phi) is 5.37. The molecule has 1 aromatic carbocycles. The third kappa shape index (κ3) is 3.55. The molecule has 0 aromatic heterocycles. The topological polar surface area (TPSA) is 75.4 Å². The molecule has 0 heterocycles. The van der Waals surface area contributed by atoms with Gasteiger partial charge in [-0.05, 0) is 34.5 Å². The number of nitro groups is 1. The Balaban J connectivity index is 2.66. The zero-order valence-corrected chi connectivity index (χ0v) is 10.2. The Morgan fingerprint density at radius 1 is 1.50 bits per heavy atom. The van der Waals surface area contributed by atoms with Gasteiger partial charge in [-0.25, -0.2) is 0 Å². The Bertz CT molecular complexity index is 371. The highest BCUT2D eigenvalue weighted by atomic mass is 79.9. The van der Waals surface area contributed by atoms with E-state index in [1.54, 1.807) is 6.07 Å². The van der Waals surface area contributed by atoms with Gasteiger partial charge in [-0.15, -0.1) is 0 Å². The highest BCUT2D eigenvalue weighted by Gasteiger charge is 2.13. The SMILES string of the molecule is O=[N+]([O-])c1cccc(CNCCCO)c1Br. The van der Waals surface area contributed by atoms with Gasteiger partial charge in [0.05, 0.1) is 9.40 Å². The number of halogens is 1. The van der Waals surface area contributed by atoms with Crippen molar-refractivity contribution in [3.8, 4) is 0 Å². The lowest BCUT2D eigenvalue weighted by Crippen LogP contribution is -2.16. The van der Waals surface area contributed by atoms with Crippen LogP contribution in [0.2, 0.25) is 0 Å². The van der Waals surface area contributed by atoms with E-state index < -0.39 is 4.92 Å². The quantitative estimate of drug-likeness (QED) is 0.476. The molecule has 16 heavy (non-hydrogen) atoms. The normalized spacial score (nSPS) is 10.4. The van der Waals surface area contributed by atoms with E-state index >= 15 is 0 Å². The first-order chi connectivity index (χ1) is 7.66. The predicted molar refractivity (Wildman–Crippen MR) is 64.2 cm³/mol. The van der Waals surface area contributed by atoms with E-state index in [9.17, 15) is 10.1 Å². The van der Waals surface area contributed by atoms with Crippen LogP contribution in [0, 0.1) is 10.1 Å². The highest BCUT2D eigenvalue weighted by Crippen LogP contribution is 2.27. The van der Waals surface area contributed by atoms with Gasteiger partial charge >= 0.3 is 0 Å². The Hall–Kier alpha value is -0.980. The van der Waals surface area contributed by atoms with Crippen LogP contribution in [0.25, 0.3) is 0 Å². The minimum Gasteiger partial charge on any atom is -0.396 e. The summed E-state index contributed by atoms with van der Waals surface area (Å²) in [4.78, 5) is 10.3. The molecule has 0 fully saturated rings. The van der Waals surface area contributed by atoms with Crippen molar-refractivity contribution in [1.82, 2.24) is 5.32 Å². The first-order valence-electron chi connectivity index (χ1n) is 4.90. The van der Waals surface area contributed by atoms with Crippen LogP contribution in [-0.4, -0.2) is 23.2 Å². The lowest BCUT2D eigenvalue weighted by molar-refractivity contribution is -0.385. The van der Waals surface area contributed by atoms with Crippen molar-refractivity contribution < 1.29 is 10.0 Å². The molecule has 0 unspecified atom stereocenters. The Morgan fingerprint density at radius 2 is 2.25 bits per heavy atom. The number of hydrogen-bond acceptors (Lipinski definition) is 4. The maximum absolute atomic E-state index is 10.7. The van der Waals surface area contributed by atoms with Crippen molar-refractivity contribution in [2.24, 2.45) is 0 Å². The number of aliphatic hydroxyl groups is 1. The summed E-state index contributed by atoms with van der Waals surface area (Å²) in [5.74, 6) is 0. The Labute approximate surface area is 102 Å². The molecule has 0 spiro atoms. The van der Waals surface area contributed by atoms with E-state index in [1.165, 1.54) is 6.07 Å². The maximum Gasteiger partial charge on any atom is 0.283 e. The van der Waals surface area contributed by atoms with Crippen molar-refractivity contribution in [2.75, 3.05) is 13.2 Å². The number of nitrogens with one attached hydrogen (secondary N) is 1. The average Bonchev–Trinajstić information content (AvgIpc) is 2.26. The van der Waals surface area contributed by atoms with E-state index in [1.807, 2.05) is 6.07 Å². The number of nitrogens with zero attached hydrogens (tertiary/aromatic N) is 1. The van der Waals surface area contributed by atoms with Crippen LogP contribution in [0.3, 0.4) is 0 Å². The van der Waals surface area contributed by atoms with Gasteiger partial charge in [-0.2, -0.15) is 0 Å². The molecule has 0 amide bonds. The molecule has 88 valence electrons. The fourth-order valence-corrected chi connectivity index (χ4v) is 1.82. The summed E-state index contributed by atoms with van der Waals surface area (Å²) in [5.41, 5.74) is 0.911. The summed E-state index contributed by atoms with van der Waals surface area (Å²) >= 11 is 3.22. The van der Waals surface area contributed by atoms with Gasteiger partial charge in [0.15, 0.2) is 0 Å². The van der Waals surface area contributed by atoms with Crippen LogP contribution in [0.1, 0.15) is 12.0 Å². The molecule has 1 rings (SSSR count). The molecular formula is C10H13BrN2O3. The highest BCUT2D eigenvalue weighted by molar-refractivity contribution is 9.10. The van der Waals surface area contributed by atoms with Crippen LogP contribution >= 0.6 is 15.9 Å². The van der Waals surface area contributed by atoms with Gasteiger partial charge in [0.25, 0.3) is 5.69 Å². The van der Waals surface area contributed by atoms with Crippen LogP contribution in [0.4, 0.5) is 5.69 Å². The van der Waals surface area contributed by atoms with Gasteiger partial charge in [0.2, 0.25) is 0 Å². The second-order valence-electron chi connectivity index (χ2n) is 3.26. The van der Waals surface area contributed by atoms with E-state index in [2.05, 4.69) is 21.2 Å². The van der Waals surface area contributed by atoms with E-state index in [4.69, 9.17) is 5.11 Å². The minimum atomic E-state index is -0.415. The van der Waals surface area contributed by atoms with Gasteiger partial charge in [-0.1, -0.05) is 12.1 Å². The zero-order chi connectivity index (χ0) is 12.0. The van der Waals surface area contributed by atoms with Gasteiger partial charge < -0.3 is 10.4 Å². The summed E-state index contributed by atoms with van der Waals surface area (Å²) in [6, 6.07) is 4.94. The van der Waals surface area contributed by atoms with Gasteiger partial charge in [0, 0.05) is 19.2 Å². The first kappa shape index (κ1) is 13.1. The number of benzene rings is 1. The summed E-state index contributed by atoms with van der Waals surface area (Å²) in [5, 5.41) is 22.4. The third-order valence-corrected chi connectivity index (χ3v) is 3.00. The van der Waals surface area contributed by atoms with Crippen molar-refractivity contribution >= 4 is 21.6 Å². The Morgan fingerprint density at radius 3 is 2.88 bits per heavy atom. The van der Waals surface area contributed by atoms with Crippen molar-refractivity contribution in [3.05, 3.63) is 38.3 Å². The smallest absolute Gasteiger partial charge is 0.283 e. The maximum atomic E-state index is 10.7. The molecule has 0 radical (unpaired) electrons. The molecule has 5 nitrogen and oxygen atoms in total. The molecule has 0 aliphatic rings. The third-order valence-electron chi connectivity index (χ3n) is 2.08. The van der Waals surface area contributed by atoms with Crippen molar-refractivity contribution in [3.63, 3.8) is 0 Å². The second-order valence-corrected chi connectivity index (χ2v) is 4.05. The zero-order valence-electron chi connectivity index (χ0n) is 8.65. The molecule has 0 bridgehead atoms. The predicted octanol–water partition coefficient (Wildman–Crippen LogP) is 1.83. The number of rotatable bonds is 6. The van der Waals surface area contributed by atoms with Crippen molar-refractivity contribution in [2.45, 2.75) is 13.0 Å².